The van der Waals surface area contributed by atoms with Crippen LogP contribution in [0, 0.1) is 13.8 Å². The minimum atomic E-state index is -0.131. The highest BCUT2D eigenvalue weighted by molar-refractivity contribution is 6.32. The molecular weight excluding hydrogens is 188 g/mol. The van der Waals surface area contributed by atoms with Gasteiger partial charge in [0.25, 0.3) is 0 Å². The molecule has 0 unspecified atom stereocenters. The predicted molar refractivity (Wildman–Crippen MR) is 53.0 cm³/mol. The van der Waals surface area contributed by atoms with Crippen LogP contribution in [0.1, 0.15) is 18.2 Å². The molecule has 0 bridgehead atoms. The van der Waals surface area contributed by atoms with Crippen molar-refractivity contribution in [2.45, 2.75) is 20.8 Å². The van der Waals surface area contributed by atoms with E-state index in [1.165, 1.54) is 6.92 Å². The van der Waals surface area contributed by atoms with Gasteiger partial charge >= 0.3 is 0 Å². The number of hydrogen-bond acceptors (Lipinski definition) is 2. The maximum atomic E-state index is 10.7. The summed E-state index contributed by atoms with van der Waals surface area (Å²) in [6, 6.07) is 1.75. The molecule has 0 saturated carbocycles. The molecule has 0 aliphatic heterocycles. The largest absolute Gasteiger partial charge is 0.311 e. The Hall–Kier alpha value is -1.09. The van der Waals surface area contributed by atoms with Crippen molar-refractivity contribution in [1.29, 1.82) is 0 Å². The summed E-state index contributed by atoms with van der Waals surface area (Å²) < 4.78 is 0. The zero-order valence-electron chi connectivity index (χ0n) is 7.81. The van der Waals surface area contributed by atoms with E-state index in [1.54, 1.807) is 13.0 Å². The number of carbonyl (C=O) groups is 1. The smallest absolute Gasteiger partial charge is 0.222 e. The maximum Gasteiger partial charge on any atom is 0.222 e. The number of anilines is 1. The number of hydrogen-bond donors (Lipinski definition) is 1. The van der Waals surface area contributed by atoms with Gasteiger partial charge in [0.15, 0.2) is 0 Å². The number of carbonyl (C=O) groups excluding carboxylic acids is 1. The van der Waals surface area contributed by atoms with Gasteiger partial charge in [0.05, 0.1) is 10.7 Å². The van der Waals surface area contributed by atoms with Crippen LogP contribution in [0.4, 0.5) is 5.82 Å². The van der Waals surface area contributed by atoms with Crippen molar-refractivity contribution >= 4 is 23.3 Å². The van der Waals surface area contributed by atoms with E-state index in [9.17, 15) is 4.79 Å². The molecule has 0 fully saturated rings. The third-order valence-electron chi connectivity index (χ3n) is 1.61. The number of rotatable bonds is 1. The quantitative estimate of drug-likeness (QED) is 0.753. The van der Waals surface area contributed by atoms with Gasteiger partial charge in [0.2, 0.25) is 5.91 Å². The summed E-state index contributed by atoms with van der Waals surface area (Å²) in [6.45, 7) is 5.13. The van der Waals surface area contributed by atoms with Crippen LogP contribution < -0.4 is 5.32 Å². The second-order valence-electron chi connectivity index (χ2n) is 2.90. The number of aryl methyl sites for hydroxylation is 2. The summed E-state index contributed by atoms with van der Waals surface area (Å²) in [6.07, 6.45) is 0. The molecule has 1 heterocycles. The maximum absolute atomic E-state index is 10.7. The molecule has 1 aromatic rings. The fourth-order valence-electron chi connectivity index (χ4n) is 1.06. The molecule has 1 rings (SSSR count). The van der Waals surface area contributed by atoms with Crippen molar-refractivity contribution in [3.8, 4) is 0 Å². The molecule has 1 aromatic heterocycles. The summed E-state index contributed by atoms with van der Waals surface area (Å²) in [5, 5.41) is 3.25. The summed E-state index contributed by atoms with van der Waals surface area (Å²) in [5.41, 5.74) is 1.64. The first-order chi connectivity index (χ1) is 6.00. The van der Waals surface area contributed by atoms with Gasteiger partial charge < -0.3 is 5.32 Å². The van der Waals surface area contributed by atoms with Gasteiger partial charge in [0, 0.05) is 6.92 Å². The molecule has 1 amide bonds. The highest BCUT2D eigenvalue weighted by Gasteiger charge is 2.04. The van der Waals surface area contributed by atoms with Crippen molar-refractivity contribution in [2.75, 3.05) is 5.32 Å². The molecule has 13 heavy (non-hydrogen) atoms. The van der Waals surface area contributed by atoms with E-state index < -0.39 is 0 Å². The Balaban J connectivity index is 3.06. The normalized spacial score (nSPS) is 9.85. The van der Waals surface area contributed by atoms with Gasteiger partial charge in [-0.2, -0.15) is 0 Å². The highest BCUT2D eigenvalue weighted by atomic mass is 35.5. The molecule has 0 aliphatic carbocycles. The van der Waals surface area contributed by atoms with E-state index in [-0.39, 0.29) is 5.91 Å². The highest BCUT2D eigenvalue weighted by Crippen LogP contribution is 2.20. The van der Waals surface area contributed by atoms with Gasteiger partial charge in [-0.1, -0.05) is 11.6 Å². The third-order valence-corrected chi connectivity index (χ3v) is 2.18. The van der Waals surface area contributed by atoms with E-state index in [1.807, 2.05) is 6.92 Å². The molecule has 0 atom stereocenters. The minimum Gasteiger partial charge on any atom is -0.311 e. The van der Waals surface area contributed by atoms with E-state index in [0.717, 1.165) is 11.3 Å². The number of halogens is 1. The van der Waals surface area contributed by atoms with Gasteiger partial charge in [-0.05, 0) is 25.5 Å². The van der Waals surface area contributed by atoms with Crippen LogP contribution in [0.3, 0.4) is 0 Å². The van der Waals surface area contributed by atoms with Crippen LogP contribution in [-0.4, -0.2) is 10.9 Å². The predicted octanol–water partition coefficient (Wildman–Crippen LogP) is 2.31. The zero-order valence-corrected chi connectivity index (χ0v) is 8.57. The van der Waals surface area contributed by atoms with Crippen molar-refractivity contribution in [2.24, 2.45) is 0 Å². The van der Waals surface area contributed by atoms with E-state index in [2.05, 4.69) is 10.3 Å². The first-order valence-electron chi connectivity index (χ1n) is 3.92. The summed E-state index contributed by atoms with van der Waals surface area (Å²) in [4.78, 5) is 14.8. The van der Waals surface area contributed by atoms with Gasteiger partial charge in [-0.15, -0.1) is 0 Å². The summed E-state index contributed by atoms with van der Waals surface area (Å²) in [5.74, 6) is 0.417. The average Bonchev–Trinajstić information content (AvgIpc) is 1.98. The lowest BCUT2D eigenvalue weighted by molar-refractivity contribution is -0.114. The fourth-order valence-corrected chi connectivity index (χ4v) is 1.16. The monoisotopic (exact) mass is 198 g/mol. The number of nitrogens with zero attached hydrogens (tertiary/aromatic N) is 1. The summed E-state index contributed by atoms with van der Waals surface area (Å²) in [7, 11) is 0. The summed E-state index contributed by atoms with van der Waals surface area (Å²) >= 11 is 5.91. The van der Waals surface area contributed by atoms with Crippen LogP contribution in [0.5, 0.6) is 0 Å². The first kappa shape index (κ1) is 9.99. The molecular formula is C9H11ClN2O. The van der Waals surface area contributed by atoms with Crippen molar-refractivity contribution in [3.05, 3.63) is 22.3 Å². The lowest BCUT2D eigenvalue weighted by atomic mass is 10.2. The Morgan fingerprint density at radius 3 is 2.62 bits per heavy atom. The number of aromatic nitrogens is 1. The first-order valence-corrected chi connectivity index (χ1v) is 4.30. The molecule has 0 radical (unpaired) electrons. The fraction of sp³-hybridized carbons (Fsp3) is 0.333. The molecule has 4 heteroatoms. The molecule has 3 nitrogen and oxygen atoms in total. The van der Waals surface area contributed by atoms with Gasteiger partial charge in [-0.3, -0.25) is 4.79 Å². The van der Waals surface area contributed by atoms with Crippen molar-refractivity contribution in [3.63, 3.8) is 0 Å². The van der Waals surface area contributed by atoms with Crippen molar-refractivity contribution < 1.29 is 4.79 Å². The lowest BCUT2D eigenvalue weighted by Gasteiger charge is -2.06. The van der Waals surface area contributed by atoms with Crippen LogP contribution in [0.2, 0.25) is 5.02 Å². The van der Waals surface area contributed by atoms with Gasteiger partial charge in [-0.25, -0.2) is 4.98 Å². The third kappa shape index (κ3) is 2.42. The van der Waals surface area contributed by atoms with Crippen molar-refractivity contribution in [1.82, 2.24) is 4.98 Å². The van der Waals surface area contributed by atoms with Crippen LogP contribution in [0.25, 0.3) is 0 Å². The Kier molecular flexibility index (Phi) is 2.88. The Labute approximate surface area is 82.1 Å². The number of nitrogens with one attached hydrogen (secondary N) is 1. The lowest BCUT2D eigenvalue weighted by Crippen LogP contribution is -2.08. The topological polar surface area (TPSA) is 42.0 Å². The van der Waals surface area contributed by atoms with E-state index in [0.29, 0.717) is 10.8 Å². The van der Waals surface area contributed by atoms with E-state index in [4.69, 9.17) is 11.6 Å². The molecule has 0 aromatic carbocycles. The molecule has 70 valence electrons. The average molecular weight is 199 g/mol. The minimum absolute atomic E-state index is 0.131. The van der Waals surface area contributed by atoms with E-state index >= 15 is 0 Å². The molecule has 0 spiro atoms. The molecule has 0 aliphatic rings. The Bertz CT molecular complexity index is 326. The second-order valence-corrected chi connectivity index (χ2v) is 3.28. The van der Waals surface area contributed by atoms with Crippen LogP contribution >= 0.6 is 11.6 Å². The number of pyridine rings is 1. The van der Waals surface area contributed by atoms with Crippen LogP contribution in [0.15, 0.2) is 6.07 Å². The number of amides is 1. The Morgan fingerprint density at radius 1 is 1.54 bits per heavy atom. The molecule has 0 saturated heterocycles. The Morgan fingerprint density at radius 2 is 2.15 bits per heavy atom. The van der Waals surface area contributed by atoms with Crippen LogP contribution in [-0.2, 0) is 4.79 Å². The standard InChI is InChI=1S/C9H11ClN2O/c1-5-4-8(12-7(3)13)11-6(2)9(5)10/h4H,1-3H3,(H,11,12,13). The SMILES string of the molecule is CC(=O)Nc1cc(C)c(Cl)c(C)n1. The molecule has 1 N–H and O–H groups in total. The zero-order chi connectivity index (χ0) is 10.0. The second kappa shape index (κ2) is 3.75. The van der Waals surface area contributed by atoms with Gasteiger partial charge in [0.1, 0.15) is 5.82 Å².